The van der Waals surface area contributed by atoms with Crippen molar-refractivity contribution in [2.75, 3.05) is 20.8 Å². The van der Waals surface area contributed by atoms with E-state index in [2.05, 4.69) is 27.8 Å². The van der Waals surface area contributed by atoms with Crippen molar-refractivity contribution in [3.05, 3.63) is 38.3 Å². The van der Waals surface area contributed by atoms with Gasteiger partial charge in [-0.15, -0.1) is 0 Å². The smallest absolute Gasteiger partial charge is 0.283 e. The number of rotatable bonds is 6. The molecular formula is C12H17BrN2O3. The minimum atomic E-state index is -0.383. The number of ether oxygens (including phenoxy) is 1. The number of nitro benzene ring substituents is 1. The van der Waals surface area contributed by atoms with Gasteiger partial charge in [0.15, 0.2) is 0 Å². The molecule has 18 heavy (non-hydrogen) atoms. The highest BCUT2D eigenvalue weighted by atomic mass is 79.9. The standard InChI is InChI=1S/C12H17BrN2O3/c1-9(8-18-3)14(2)7-10-4-5-11(13)12(6-10)15(16)17/h4-6,9H,7-8H2,1-3H3. The Morgan fingerprint density at radius 3 is 2.78 bits per heavy atom. The number of methoxy groups -OCH3 is 1. The van der Waals surface area contributed by atoms with Crippen LogP contribution >= 0.6 is 15.9 Å². The average Bonchev–Trinajstić information content (AvgIpc) is 2.31. The van der Waals surface area contributed by atoms with E-state index >= 15 is 0 Å². The van der Waals surface area contributed by atoms with E-state index in [4.69, 9.17) is 4.74 Å². The summed E-state index contributed by atoms with van der Waals surface area (Å²) in [4.78, 5) is 12.5. The molecule has 1 aromatic carbocycles. The molecule has 1 atom stereocenters. The quantitative estimate of drug-likeness (QED) is 0.598. The van der Waals surface area contributed by atoms with Gasteiger partial charge in [0.2, 0.25) is 0 Å². The van der Waals surface area contributed by atoms with Crippen LogP contribution in [0.3, 0.4) is 0 Å². The second kappa shape index (κ2) is 6.82. The van der Waals surface area contributed by atoms with Gasteiger partial charge in [0.25, 0.3) is 5.69 Å². The van der Waals surface area contributed by atoms with Crippen LogP contribution in [0, 0.1) is 10.1 Å². The van der Waals surface area contributed by atoms with Crippen LogP contribution in [0.1, 0.15) is 12.5 Å². The van der Waals surface area contributed by atoms with Crippen LogP contribution in [0.15, 0.2) is 22.7 Å². The van der Waals surface area contributed by atoms with E-state index < -0.39 is 0 Å². The topological polar surface area (TPSA) is 55.6 Å². The highest BCUT2D eigenvalue weighted by molar-refractivity contribution is 9.10. The summed E-state index contributed by atoms with van der Waals surface area (Å²) in [5, 5.41) is 10.8. The molecule has 100 valence electrons. The molecule has 0 aliphatic heterocycles. The van der Waals surface area contributed by atoms with Gasteiger partial charge < -0.3 is 4.74 Å². The highest BCUT2D eigenvalue weighted by Gasteiger charge is 2.14. The van der Waals surface area contributed by atoms with Gasteiger partial charge in [-0.2, -0.15) is 0 Å². The predicted octanol–water partition coefficient (Wildman–Crippen LogP) is 2.82. The number of benzene rings is 1. The first-order valence-electron chi connectivity index (χ1n) is 5.57. The first-order valence-corrected chi connectivity index (χ1v) is 6.37. The SMILES string of the molecule is COCC(C)N(C)Cc1ccc(Br)c([N+](=O)[O-])c1. The van der Waals surface area contributed by atoms with Crippen LogP contribution in [0.25, 0.3) is 0 Å². The number of halogens is 1. The van der Waals surface area contributed by atoms with Crippen molar-refractivity contribution in [1.82, 2.24) is 4.90 Å². The lowest BCUT2D eigenvalue weighted by atomic mass is 10.1. The van der Waals surface area contributed by atoms with E-state index in [0.29, 0.717) is 17.6 Å². The molecule has 1 unspecified atom stereocenters. The van der Waals surface area contributed by atoms with Crippen molar-refractivity contribution >= 4 is 21.6 Å². The molecule has 0 bridgehead atoms. The zero-order chi connectivity index (χ0) is 13.7. The van der Waals surface area contributed by atoms with Gasteiger partial charge in [-0.1, -0.05) is 6.07 Å². The molecule has 0 aromatic heterocycles. The van der Waals surface area contributed by atoms with Gasteiger partial charge in [-0.25, -0.2) is 0 Å². The largest absolute Gasteiger partial charge is 0.383 e. The summed E-state index contributed by atoms with van der Waals surface area (Å²) in [5.74, 6) is 0. The normalized spacial score (nSPS) is 12.7. The fourth-order valence-corrected chi connectivity index (χ4v) is 2.00. The molecular weight excluding hydrogens is 300 g/mol. The minimum absolute atomic E-state index is 0.0975. The Labute approximate surface area is 115 Å². The van der Waals surface area contributed by atoms with Gasteiger partial charge >= 0.3 is 0 Å². The van der Waals surface area contributed by atoms with Crippen LogP contribution in [0.2, 0.25) is 0 Å². The lowest BCUT2D eigenvalue weighted by Crippen LogP contribution is -2.32. The Kier molecular flexibility index (Phi) is 5.71. The van der Waals surface area contributed by atoms with Crippen LogP contribution in [-0.2, 0) is 11.3 Å². The molecule has 0 radical (unpaired) electrons. The molecule has 0 amide bonds. The van der Waals surface area contributed by atoms with Gasteiger partial charge in [-0.3, -0.25) is 15.0 Å². The summed E-state index contributed by atoms with van der Waals surface area (Å²) in [5.41, 5.74) is 1.01. The fourth-order valence-electron chi connectivity index (χ4n) is 1.61. The third-order valence-electron chi connectivity index (χ3n) is 2.80. The maximum absolute atomic E-state index is 10.8. The average molecular weight is 317 g/mol. The van der Waals surface area contributed by atoms with Crippen molar-refractivity contribution in [1.29, 1.82) is 0 Å². The van der Waals surface area contributed by atoms with Crippen molar-refractivity contribution in [2.24, 2.45) is 0 Å². The molecule has 0 saturated heterocycles. The molecule has 0 N–H and O–H groups in total. The van der Waals surface area contributed by atoms with Gasteiger partial charge in [-0.05, 0) is 41.5 Å². The second-order valence-corrected chi connectivity index (χ2v) is 5.12. The Morgan fingerprint density at radius 1 is 1.56 bits per heavy atom. The zero-order valence-electron chi connectivity index (χ0n) is 10.7. The molecule has 0 saturated carbocycles. The van der Waals surface area contributed by atoms with Crippen molar-refractivity contribution in [3.63, 3.8) is 0 Å². The van der Waals surface area contributed by atoms with E-state index in [1.54, 1.807) is 19.2 Å². The molecule has 0 aliphatic carbocycles. The summed E-state index contributed by atoms with van der Waals surface area (Å²) in [6.45, 7) is 3.34. The van der Waals surface area contributed by atoms with Crippen LogP contribution < -0.4 is 0 Å². The lowest BCUT2D eigenvalue weighted by Gasteiger charge is -2.23. The molecule has 0 spiro atoms. The van der Waals surface area contributed by atoms with Gasteiger partial charge in [0.1, 0.15) is 0 Å². The van der Waals surface area contributed by atoms with E-state index in [9.17, 15) is 10.1 Å². The zero-order valence-corrected chi connectivity index (χ0v) is 12.3. The van der Waals surface area contributed by atoms with Gasteiger partial charge in [0, 0.05) is 25.8 Å². The summed E-state index contributed by atoms with van der Waals surface area (Å²) < 4.78 is 5.59. The Morgan fingerprint density at radius 2 is 2.22 bits per heavy atom. The van der Waals surface area contributed by atoms with Crippen molar-refractivity contribution < 1.29 is 9.66 Å². The molecule has 1 aromatic rings. The molecule has 1 rings (SSSR count). The number of nitrogens with zero attached hydrogens (tertiary/aromatic N) is 2. The Hall–Kier alpha value is -0.980. The first-order chi connectivity index (χ1) is 8.45. The Bertz CT molecular complexity index is 426. The molecule has 6 heteroatoms. The van der Waals surface area contributed by atoms with Crippen molar-refractivity contribution in [3.8, 4) is 0 Å². The maximum atomic E-state index is 10.8. The molecule has 0 aliphatic rings. The van der Waals surface area contributed by atoms with E-state index in [1.165, 1.54) is 0 Å². The van der Waals surface area contributed by atoms with E-state index in [1.807, 2.05) is 13.1 Å². The van der Waals surface area contributed by atoms with E-state index in [0.717, 1.165) is 5.56 Å². The maximum Gasteiger partial charge on any atom is 0.283 e. The number of hydrogen-bond donors (Lipinski definition) is 0. The summed E-state index contributed by atoms with van der Waals surface area (Å²) >= 11 is 3.18. The van der Waals surface area contributed by atoms with Crippen LogP contribution in [0.4, 0.5) is 5.69 Å². The number of hydrogen-bond acceptors (Lipinski definition) is 4. The summed E-state index contributed by atoms with van der Waals surface area (Å²) in [7, 11) is 3.63. The third-order valence-corrected chi connectivity index (χ3v) is 3.47. The summed E-state index contributed by atoms with van der Waals surface area (Å²) in [6.07, 6.45) is 0. The third kappa shape index (κ3) is 4.04. The van der Waals surface area contributed by atoms with Crippen LogP contribution in [0.5, 0.6) is 0 Å². The molecule has 0 fully saturated rings. The molecule has 0 heterocycles. The van der Waals surface area contributed by atoms with Gasteiger partial charge in [0.05, 0.1) is 16.0 Å². The van der Waals surface area contributed by atoms with E-state index in [-0.39, 0.29) is 16.7 Å². The first kappa shape index (κ1) is 15.1. The molecule has 5 nitrogen and oxygen atoms in total. The second-order valence-electron chi connectivity index (χ2n) is 4.26. The predicted molar refractivity (Wildman–Crippen MR) is 73.6 cm³/mol. The number of nitro groups is 1. The highest BCUT2D eigenvalue weighted by Crippen LogP contribution is 2.26. The van der Waals surface area contributed by atoms with Crippen LogP contribution in [-0.4, -0.2) is 36.6 Å². The lowest BCUT2D eigenvalue weighted by molar-refractivity contribution is -0.385. The number of likely N-dealkylation sites (N-methyl/N-ethyl adjacent to an activating group) is 1. The minimum Gasteiger partial charge on any atom is -0.383 e. The summed E-state index contributed by atoms with van der Waals surface area (Å²) in [6, 6.07) is 5.45. The monoisotopic (exact) mass is 316 g/mol. The fraction of sp³-hybridized carbons (Fsp3) is 0.500. The van der Waals surface area contributed by atoms with Crippen molar-refractivity contribution in [2.45, 2.75) is 19.5 Å². The Balaban J connectivity index is 2.79.